The highest BCUT2D eigenvalue weighted by molar-refractivity contribution is 6.00. The zero-order valence-electron chi connectivity index (χ0n) is 9.12. The quantitative estimate of drug-likeness (QED) is 0.879. The van der Waals surface area contributed by atoms with E-state index in [1.807, 2.05) is 0 Å². The first-order chi connectivity index (χ1) is 8.29. The minimum absolute atomic E-state index is 0.114. The number of aromatic carboxylic acids is 1. The predicted molar refractivity (Wildman–Crippen MR) is 52.5 cm³/mol. The number of hydrogen-bond donors (Lipinski definition) is 1. The van der Waals surface area contributed by atoms with Crippen LogP contribution in [0.1, 0.15) is 39.4 Å². The SMILES string of the molecule is O=C(O)c1nn(CC(F)(F)F)c2c1CCCC2=O. The molecule has 1 aliphatic carbocycles. The van der Waals surface area contributed by atoms with Gasteiger partial charge in [-0.15, -0.1) is 0 Å². The van der Waals surface area contributed by atoms with Gasteiger partial charge >= 0.3 is 12.1 Å². The predicted octanol–water partition coefficient (Wildman–Crippen LogP) is 1.66. The molecule has 2 rings (SSSR count). The van der Waals surface area contributed by atoms with Crippen LogP contribution in [-0.4, -0.2) is 32.8 Å². The van der Waals surface area contributed by atoms with Crippen molar-refractivity contribution in [1.82, 2.24) is 9.78 Å². The number of ketones is 1. The van der Waals surface area contributed by atoms with Gasteiger partial charge < -0.3 is 5.11 Å². The number of rotatable bonds is 2. The van der Waals surface area contributed by atoms with Gasteiger partial charge in [-0.25, -0.2) is 4.79 Å². The Bertz CT molecular complexity index is 519. The molecule has 1 heterocycles. The molecule has 0 saturated heterocycles. The summed E-state index contributed by atoms with van der Waals surface area (Å²) >= 11 is 0. The maximum Gasteiger partial charge on any atom is 0.408 e. The lowest BCUT2D eigenvalue weighted by Crippen LogP contribution is -2.23. The molecular formula is C10H9F3N2O3. The van der Waals surface area contributed by atoms with Crippen LogP contribution in [0.5, 0.6) is 0 Å². The molecule has 1 aliphatic rings. The van der Waals surface area contributed by atoms with Crippen molar-refractivity contribution in [3.63, 3.8) is 0 Å². The number of Topliss-reactive ketones (excluding diaryl/α,β-unsaturated/α-hetero) is 1. The molecule has 0 unspecified atom stereocenters. The molecule has 0 aliphatic heterocycles. The molecule has 0 radical (unpaired) electrons. The largest absolute Gasteiger partial charge is 0.476 e. The van der Waals surface area contributed by atoms with Gasteiger partial charge in [0.1, 0.15) is 12.2 Å². The van der Waals surface area contributed by atoms with Crippen molar-refractivity contribution in [2.24, 2.45) is 0 Å². The minimum atomic E-state index is -4.55. The molecule has 1 N–H and O–H groups in total. The van der Waals surface area contributed by atoms with Crippen molar-refractivity contribution < 1.29 is 27.9 Å². The summed E-state index contributed by atoms with van der Waals surface area (Å²) in [4.78, 5) is 22.5. The van der Waals surface area contributed by atoms with Crippen molar-refractivity contribution in [2.75, 3.05) is 0 Å². The fraction of sp³-hybridized carbons (Fsp3) is 0.500. The first kappa shape index (κ1) is 12.6. The molecule has 0 fully saturated rings. The van der Waals surface area contributed by atoms with Gasteiger partial charge in [-0.2, -0.15) is 18.3 Å². The number of carbonyl (C=O) groups excluding carboxylic acids is 1. The zero-order chi connectivity index (χ0) is 13.5. The fourth-order valence-electron chi connectivity index (χ4n) is 2.05. The Kier molecular flexibility index (Phi) is 2.88. The Morgan fingerprint density at radius 3 is 2.61 bits per heavy atom. The second-order valence-corrected chi connectivity index (χ2v) is 4.03. The van der Waals surface area contributed by atoms with Crippen LogP contribution in [0.3, 0.4) is 0 Å². The molecule has 18 heavy (non-hydrogen) atoms. The fourth-order valence-corrected chi connectivity index (χ4v) is 2.05. The molecule has 0 aromatic carbocycles. The number of carboxylic acids is 1. The van der Waals surface area contributed by atoms with Gasteiger partial charge in [0.05, 0.1) is 0 Å². The van der Waals surface area contributed by atoms with Crippen LogP contribution in [0, 0.1) is 0 Å². The van der Waals surface area contributed by atoms with Gasteiger partial charge in [0.2, 0.25) is 0 Å². The molecule has 0 saturated carbocycles. The van der Waals surface area contributed by atoms with Crippen LogP contribution in [-0.2, 0) is 13.0 Å². The van der Waals surface area contributed by atoms with Gasteiger partial charge in [0, 0.05) is 12.0 Å². The lowest BCUT2D eigenvalue weighted by atomic mass is 9.94. The van der Waals surface area contributed by atoms with E-state index in [1.165, 1.54) is 0 Å². The Labute approximate surface area is 99.2 Å². The van der Waals surface area contributed by atoms with Gasteiger partial charge in [0.25, 0.3) is 0 Å². The molecule has 8 heteroatoms. The molecular weight excluding hydrogens is 253 g/mol. The summed E-state index contributed by atoms with van der Waals surface area (Å²) < 4.78 is 37.4. The summed E-state index contributed by atoms with van der Waals surface area (Å²) in [5.41, 5.74) is -0.554. The van der Waals surface area contributed by atoms with Crippen LogP contribution < -0.4 is 0 Å². The lowest BCUT2D eigenvalue weighted by molar-refractivity contribution is -0.142. The van der Waals surface area contributed by atoms with Crippen molar-refractivity contribution >= 4 is 11.8 Å². The Morgan fingerprint density at radius 2 is 2.06 bits per heavy atom. The highest BCUT2D eigenvalue weighted by Crippen LogP contribution is 2.27. The van der Waals surface area contributed by atoms with Gasteiger partial charge in [-0.1, -0.05) is 0 Å². The molecule has 0 bridgehead atoms. The second-order valence-electron chi connectivity index (χ2n) is 4.03. The third kappa shape index (κ3) is 2.22. The van der Waals surface area contributed by atoms with Gasteiger partial charge in [-0.3, -0.25) is 9.48 Å². The topological polar surface area (TPSA) is 72.2 Å². The molecule has 0 spiro atoms. The van der Waals surface area contributed by atoms with Crippen molar-refractivity contribution in [3.8, 4) is 0 Å². The first-order valence-electron chi connectivity index (χ1n) is 5.22. The third-order valence-corrected chi connectivity index (χ3v) is 2.68. The summed E-state index contributed by atoms with van der Waals surface area (Å²) in [5.74, 6) is -1.90. The number of nitrogens with zero attached hydrogens (tertiary/aromatic N) is 2. The van der Waals surface area contributed by atoms with E-state index in [2.05, 4.69) is 5.10 Å². The third-order valence-electron chi connectivity index (χ3n) is 2.68. The van der Waals surface area contributed by atoms with E-state index in [4.69, 9.17) is 5.11 Å². The van der Waals surface area contributed by atoms with E-state index in [1.54, 1.807) is 0 Å². The maximum absolute atomic E-state index is 12.3. The number of halogens is 3. The van der Waals surface area contributed by atoms with Gasteiger partial charge in [0.15, 0.2) is 11.5 Å². The van der Waals surface area contributed by atoms with Crippen LogP contribution in [0.2, 0.25) is 0 Å². The van der Waals surface area contributed by atoms with Crippen LogP contribution in [0.25, 0.3) is 0 Å². The highest BCUT2D eigenvalue weighted by Gasteiger charge is 2.35. The molecule has 5 nitrogen and oxygen atoms in total. The Balaban J connectivity index is 2.53. The number of carbonyl (C=O) groups is 2. The van der Waals surface area contributed by atoms with E-state index in [0.717, 1.165) is 0 Å². The monoisotopic (exact) mass is 262 g/mol. The highest BCUT2D eigenvalue weighted by atomic mass is 19.4. The average molecular weight is 262 g/mol. The number of aromatic nitrogens is 2. The van der Waals surface area contributed by atoms with Crippen molar-refractivity contribution in [3.05, 3.63) is 17.0 Å². The number of hydrogen-bond acceptors (Lipinski definition) is 3. The van der Waals surface area contributed by atoms with E-state index in [-0.39, 0.29) is 24.1 Å². The summed E-state index contributed by atoms with van der Waals surface area (Å²) in [6, 6.07) is 0. The van der Waals surface area contributed by atoms with Crippen LogP contribution in [0.4, 0.5) is 13.2 Å². The van der Waals surface area contributed by atoms with E-state index in [9.17, 15) is 22.8 Å². The van der Waals surface area contributed by atoms with Crippen LogP contribution in [0.15, 0.2) is 0 Å². The van der Waals surface area contributed by atoms with Gasteiger partial charge in [-0.05, 0) is 12.8 Å². The standard InChI is InChI=1S/C10H9F3N2O3/c11-10(12,13)4-15-8-5(2-1-3-6(8)16)7(14-15)9(17)18/h1-4H2,(H,17,18). The van der Waals surface area contributed by atoms with E-state index in [0.29, 0.717) is 11.1 Å². The summed E-state index contributed by atoms with van der Waals surface area (Å²) in [6.07, 6.45) is -3.73. The zero-order valence-corrected chi connectivity index (χ0v) is 9.12. The summed E-state index contributed by atoms with van der Waals surface area (Å²) in [7, 11) is 0. The second kappa shape index (κ2) is 4.11. The van der Waals surface area contributed by atoms with Crippen molar-refractivity contribution in [1.29, 1.82) is 0 Å². The number of carboxylic acid groups (broad SMARTS) is 1. The molecule has 0 amide bonds. The molecule has 0 atom stereocenters. The first-order valence-corrected chi connectivity index (χ1v) is 5.22. The van der Waals surface area contributed by atoms with E-state index >= 15 is 0 Å². The smallest absolute Gasteiger partial charge is 0.408 e. The normalized spacial score (nSPS) is 15.6. The maximum atomic E-state index is 12.3. The molecule has 1 aromatic rings. The number of alkyl halides is 3. The summed E-state index contributed by atoms with van der Waals surface area (Å²) in [5, 5.41) is 12.3. The number of fused-ring (bicyclic) bond motifs is 1. The summed E-state index contributed by atoms with van der Waals surface area (Å²) in [6.45, 7) is -1.45. The van der Waals surface area contributed by atoms with E-state index < -0.39 is 30.2 Å². The Hall–Kier alpha value is -1.86. The lowest BCUT2D eigenvalue weighted by Gasteiger charge is -2.13. The minimum Gasteiger partial charge on any atom is -0.476 e. The van der Waals surface area contributed by atoms with Crippen molar-refractivity contribution in [2.45, 2.75) is 32.0 Å². The van der Waals surface area contributed by atoms with Crippen LogP contribution >= 0.6 is 0 Å². The molecule has 1 aromatic heterocycles. The molecule has 98 valence electrons. The Morgan fingerprint density at radius 1 is 1.39 bits per heavy atom. The average Bonchev–Trinajstić information content (AvgIpc) is 2.56.